The Morgan fingerprint density at radius 1 is 1.12 bits per heavy atom. The number of carbonyl (C=O) groups excluding carboxylic acids is 4. The van der Waals surface area contributed by atoms with Crippen molar-refractivity contribution in [3.05, 3.63) is 29.6 Å². The maximum Gasteiger partial charge on any atom is 0.428 e. The number of rotatable bonds is 10. The fourth-order valence-electron chi connectivity index (χ4n) is 3.60. The van der Waals surface area contributed by atoms with Crippen molar-refractivity contribution >= 4 is 46.7 Å². The molecule has 0 radical (unpaired) electrons. The third-order valence-corrected chi connectivity index (χ3v) is 6.49. The summed E-state index contributed by atoms with van der Waals surface area (Å²) in [5, 5.41) is 5.93. The highest BCUT2D eigenvalue weighted by Crippen LogP contribution is 2.29. The van der Waals surface area contributed by atoms with E-state index in [2.05, 4.69) is 15.8 Å². The lowest BCUT2D eigenvalue weighted by Crippen LogP contribution is -2.38. The quantitative estimate of drug-likeness (QED) is 0.118. The van der Waals surface area contributed by atoms with Gasteiger partial charge in [-0.05, 0) is 73.1 Å². The number of cyclic esters (lactones) is 1. The van der Waals surface area contributed by atoms with Gasteiger partial charge in [0.05, 0.1) is 25.4 Å². The van der Waals surface area contributed by atoms with Gasteiger partial charge in [-0.15, -0.1) is 0 Å². The predicted molar refractivity (Wildman–Crippen MR) is 157 cm³/mol. The third kappa shape index (κ3) is 11.4. The molecule has 1 saturated heterocycles. The SMILES string of the molecule is CCCC(SC(=NNC(=O)OC(C)(C)C)c1ccc(N2C[C@H](CNC(=O)OC(C)(C)C)OC2=O)cc1F)C(=O)OCC. The zero-order chi connectivity index (χ0) is 31.7. The molecule has 0 aromatic heterocycles. The number of esters is 1. The van der Waals surface area contributed by atoms with Gasteiger partial charge in [-0.1, -0.05) is 25.1 Å². The number of nitrogens with zero attached hydrogens (tertiary/aromatic N) is 2. The molecule has 1 aromatic rings. The Balaban J connectivity index is 2.27. The number of thioether (sulfide) groups is 1. The summed E-state index contributed by atoms with van der Waals surface area (Å²) < 4.78 is 36.4. The molecule has 1 fully saturated rings. The average molecular weight is 613 g/mol. The minimum absolute atomic E-state index is 0.00811. The standard InChI is InChI=1S/C28H41FN4O8S/c1-9-11-21(23(34)38-10-2)42-22(31-32-25(36)41-28(6,7)8)19-13-12-17(14-20(19)29)33-16-18(39-26(33)37)15-30-24(35)40-27(3,4)5/h12-14,18,21H,9-11,15-16H2,1-8H3,(H,30,35)(H,32,36)/t18-,21?/m0/s1. The first-order valence-corrected chi connectivity index (χ1v) is 14.6. The molecule has 0 spiro atoms. The molecule has 3 amide bonds. The number of ether oxygens (including phenoxy) is 4. The molecular weight excluding hydrogens is 571 g/mol. The Hall–Kier alpha value is -3.55. The van der Waals surface area contributed by atoms with Crippen molar-refractivity contribution in [2.24, 2.45) is 5.10 Å². The average Bonchev–Trinajstić information content (AvgIpc) is 3.23. The molecule has 2 N–H and O–H groups in total. The molecule has 1 aliphatic rings. The third-order valence-electron chi connectivity index (χ3n) is 5.24. The topological polar surface area (TPSA) is 145 Å². The van der Waals surface area contributed by atoms with Crippen molar-refractivity contribution in [2.45, 2.75) is 90.8 Å². The minimum Gasteiger partial charge on any atom is -0.465 e. The van der Waals surface area contributed by atoms with E-state index in [1.807, 2.05) is 6.92 Å². The molecule has 1 aromatic carbocycles. The highest BCUT2D eigenvalue weighted by atomic mass is 32.2. The number of carbonyl (C=O) groups is 4. The fraction of sp³-hybridized carbons (Fsp3) is 0.607. The van der Waals surface area contributed by atoms with Crippen molar-refractivity contribution in [1.29, 1.82) is 0 Å². The van der Waals surface area contributed by atoms with E-state index < -0.39 is 52.6 Å². The van der Waals surface area contributed by atoms with Crippen molar-refractivity contribution in [1.82, 2.24) is 10.7 Å². The summed E-state index contributed by atoms with van der Waals surface area (Å²) >= 11 is 0.950. The molecule has 14 heteroatoms. The van der Waals surface area contributed by atoms with Crippen molar-refractivity contribution in [3.8, 4) is 0 Å². The first kappa shape index (κ1) is 34.7. The largest absolute Gasteiger partial charge is 0.465 e. The molecular formula is C28H41FN4O8S. The van der Waals surface area contributed by atoms with Gasteiger partial charge in [-0.25, -0.2) is 24.2 Å². The minimum atomic E-state index is -0.855. The van der Waals surface area contributed by atoms with Gasteiger partial charge in [0, 0.05) is 5.56 Å². The predicted octanol–water partition coefficient (Wildman–Crippen LogP) is 5.33. The summed E-state index contributed by atoms with van der Waals surface area (Å²) in [4.78, 5) is 50.5. The van der Waals surface area contributed by atoms with Gasteiger partial charge >= 0.3 is 24.2 Å². The van der Waals surface area contributed by atoms with Crippen LogP contribution in [0.1, 0.15) is 73.8 Å². The van der Waals surface area contributed by atoms with Crippen LogP contribution in [0.2, 0.25) is 0 Å². The Morgan fingerprint density at radius 2 is 1.76 bits per heavy atom. The number of alkyl carbamates (subject to hydrolysis) is 1. The van der Waals surface area contributed by atoms with Crippen LogP contribution < -0.4 is 15.6 Å². The van der Waals surface area contributed by atoms with Crippen LogP contribution in [-0.2, 0) is 23.7 Å². The molecule has 1 unspecified atom stereocenters. The lowest BCUT2D eigenvalue weighted by Gasteiger charge is -2.20. The smallest absolute Gasteiger partial charge is 0.428 e. The Morgan fingerprint density at radius 3 is 2.33 bits per heavy atom. The Labute approximate surface area is 250 Å². The Bertz CT molecular complexity index is 1170. The first-order chi connectivity index (χ1) is 19.5. The summed E-state index contributed by atoms with van der Waals surface area (Å²) in [6, 6.07) is 4.01. The molecule has 1 aliphatic heterocycles. The number of halogens is 1. The highest BCUT2D eigenvalue weighted by molar-refractivity contribution is 8.15. The summed E-state index contributed by atoms with van der Waals surface area (Å²) in [5.74, 6) is -1.25. The van der Waals surface area contributed by atoms with E-state index in [9.17, 15) is 19.2 Å². The van der Waals surface area contributed by atoms with Crippen LogP contribution in [0.3, 0.4) is 0 Å². The maximum absolute atomic E-state index is 15.6. The molecule has 2 rings (SSSR count). The second kappa shape index (κ2) is 15.1. The van der Waals surface area contributed by atoms with Crippen LogP contribution >= 0.6 is 11.8 Å². The summed E-state index contributed by atoms with van der Waals surface area (Å²) in [5.41, 5.74) is 0.983. The summed E-state index contributed by atoms with van der Waals surface area (Å²) in [7, 11) is 0. The number of nitrogens with one attached hydrogen (secondary N) is 2. The number of hydrogen-bond donors (Lipinski definition) is 2. The number of hydrogen-bond acceptors (Lipinski definition) is 10. The zero-order valence-electron chi connectivity index (χ0n) is 25.4. The van der Waals surface area contributed by atoms with Crippen LogP contribution in [0.15, 0.2) is 23.3 Å². The van der Waals surface area contributed by atoms with Crippen molar-refractivity contribution < 1.29 is 42.5 Å². The second-order valence-electron chi connectivity index (χ2n) is 11.3. The number of amides is 3. The van der Waals surface area contributed by atoms with Crippen LogP contribution in [0.4, 0.5) is 24.5 Å². The van der Waals surface area contributed by atoms with E-state index in [1.54, 1.807) is 48.5 Å². The van der Waals surface area contributed by atoms with Crippen LogP contribution in [0.5, 0.6) is 0 Å². The monoisotopic (exact) mass is 612 g/mol. The van der Waals surface area contributed by atoms with E-state index in [4.69, 9.17) is 18.9 Å². The van der Waals surface area contributed by atoms with E-state index >= 15 is 4.39 Å². The Kier molecular flexibility index (Phi) is 12.4. The van der Waals surface area contributed by atoms with Gasteiger partial charge in [-0.3, -0.25) is 9.69 Å². The highest BCUT2D eigenvalue weighted by Gasteiger charge is 2.34. The van der Waals surface area contributed by atoms with Crippen LogP contribution in [0, 0.1) is 5.82 Å². The second-order valence-corrected chi connectivity index (χ2v) is 12.5. The molecule has 1 heterocycles. The van der Waals surface area contributed by atoms with Gasteiger partial charge in [0.2, 0.25) is 0 Å². The summed E-state index contributed by atoms with van der Waals surface area (Å²) in [6.45, 7) is 14.1. The zero-order valence-corrected chi connectivity index (χ0v) is 26.2. The van der Waals surface area contributed by atoms with Crippen LogP contribution in [-0.4, -0.2) is 71.5 Å². The van der Waals surface area contributed by atoms with Crippen molar-refractivity contribution in [3.63, 3.8) is 0 Å². The fourth-order valence-corrected chi connectivity index (χ4v) is 4.78. The maximum atomic E-state index is 15.6. The molecule has 2 atom stereocenters. The molecule has 0 aliphatic carbocycles. The van der Waals surface area contributed by atoms with Gasteiger partial charge < -0.3 is 24.3 Å². The lowest BCUT2D eigenvalue weighted by molar-refractivity contribution is -0.142. The molecule has 0 bridgehead atoms. The van der Waals surface area contributed by atoms with Crippen LogP contribution in [0.25, 0.3) is 0 Å². The van der Waals surface area contributed by atoms with Gasteiger partial charge in [-0.2, -0.15) is 5.10 Å². The molecule has 0 saturated carbocycles. The normalized spacial score (nSPS) is 16.4. The van der Waals surface area contributed by atoms with Gasteiger partial charge in [0.25, 0.3) is 0 Å². The van der Waals surface area contributed by atoms with Gasteiger partial charge in [0.15, 0.2) is 0 Å². The van der Waals surface area contributed by atoms with E-state index in [-0.39, 0.29) is 36.0 Å². The first-order valence-electron chi connectivity index (χ1n) is 13.7. The summed E-state index contributed by atoms with van der Waals surface area (Å²) in [6.07, 6.45) is -1.83. The van der Waals surface area contributed by atoms with E-state index in [1.165, 1.54) is 17.0 Å². The lowest BCUT2D eigenvalue weighted by atomic mass is 10.2. The number of hydrazone groups is 1. The molecule has 42 heavy (non-hydrogen) atoms. The molecule has 234 valence electrons. The number of anilines is 1. The van der Waals surface area contributed by atoms with E-state index in [0.29, 0.717) is 12.8 Å². The van der Waals surface area contributed by atoms with Gasteiger partial charge in [0.1, 0.15) is 33.4 Å². The van der Waals surface area contributed by atoms with E-state index in [0.717, 1.165) is 17.8 Å². The van der Waals surface area contributed by atoms with Crippen molar-refractivity contribution in [2.75, 3.05) is 24.6 Å². The molecule has 12 nitrogen and oxygen atoms in total. The number of benzene rings is 1.